The molecule has 0 bridgehead atoms. The maximum Gasteiger partial charge on any atom is 0.363 e. The molecule has 0 N–H and O–H groups in total. The lowest BCUT2D eigenvalue weighted by atomic mass is 10.1. The Morgan fingerprint density at radius 1 is 0.935 bits per heavy atom. The van der Waals surface area contributed by atoms with Crippen molar-refractivity contribution in [2.45, 2.75) is 20.5 Å². The number of hydrogen-bond acceptors (Lipinski definition) is 5. The molecule has 1 aliphatic rings. The average molecular weight is 413 g/mol. The van der Waals surface area contributed by atoms with E-state index in [4.69, 9.17) is 14.2 Å². The molecule has 0 saturated heterocycles. The van der Waals surface area contributed by atoms with Crippen molar-refractivity contribution in [3.63, 3.8) is 0 Å². The Kier molecular flexibility index (Phi) is 5.85. The van der Waals surface area contributed by atoms with Crippen LogP contribution in [-0.2, 0) is 16.1 Å². The van der Waals surface area contributed by atoms with Crippen LogP contribution in [0, 0.1) is 13.8 Å². The molecule has 1 aliphatic heterocycles. The molecule has 3 aromatic rings. The van der Waals surface area contributed by atoms with Crippen LogP contribution in [-0.4, -0.2) is 19.0 Å². The van der Waals surface area contributed by atoms with Gasteiger partial charge >= 0.3 is 5.97 Å². The Bertz CT molecular complexity index is 1180. The lowest BCUT2D eigenvalue weighted by Gasteiger charge is -2.11. The number of esters is 1. The quantitative estimate of drug-likeness (QED) is 0.410. The number of rotatable bonds is 6. The standard InChI is InChI=1S/C26H23NO4/c1-17-7-9-19(10-8-17)16-30-23-12-11-20(15-24(23)29-3)14-22-26(28)31-25(27-22)21-6-4-5-18(2)13-21/h4-15H,16H2,1-3H3. The molecule has 3 aromatic carbocycles. The highest BCUT2D eigenvalue weighted by Crippen LogP contribution is 2.30. The third-order valence-corrected chi connectivity index (χ3v) is 4.89. The summed E-state index contributed by atoms with van der Waals surface area (Å²) in [5.41, 5.74) is 5.13. The van der Waals surface area contributed by atoms with Gasteiger partial charge in [0.1, 0.15) is 6.61 Å². The van der Waals surface area contributed by atoms with E-state index in [1.54, 1.807) is 13.2 Å². The van der Waals surface area contributed by atoms with Gasteiger partial charge in [0.25, 0.3) is 0 Å². The lowest BCUT2D eigenvalue weighted by Crippen LogP contribution is -2.05. The van der Waals surface area contributed by atoms with Gasteiger partial charge in [0.05, 0.1) is 7.11 Å². The molecule has 0 atom stereocenters. The highest BCUT2D eigenvalue weighted by atomic mass is 16.6. The van der Waals surface area contributed by atoms with Crippen molar-refractivity contribution in [2.75, 3.05) is 7.11 Å². The van der Waals surface area contributed by atoms with E-state index in [0.29, 0.717) is 24.0 Å². The number of aryl methyl sites for hydroxylation is 2. The molecule has 5 heteroatoms. The second-order valence-corrected chi connectivity index (χ2v) is 7.39. The molecule has 0 aliphatic carbocycles. The molecular formula is C26H23NO4. The number of carbonyl (C=O) groups is 1. The fourth-order valence-electron chi connectivity index (χ4n) is 3.21. The molecular weight excluding hydrogens is 390 g/mol. The normalized spacial score (nSPS) is 14.4. The number of nitrogens with zero attached hydrogens (tertiary/aromatic N) is 1. The van der Waals surface area contributed by atoms with Crippen molar-refractivity contribution in [1.29, 1.82) is 0 Å². The third kappa shape index (κ3) is 4.83. The summed E-state index contributed by atoms with van der Waals surface area (Å²) < 4.78 is 16.8. The van der Waals surface area contributed by atoms with Crippen LogP contribution in [0.4, 0.5) is 0 Å². The van der Waals surface area contributed by atoms with Gasteiger partial charge in [-0.1, -0.05) is 53.6 Å². The van der Waals surface area contributed by atoms with Crippen LogP contribution in [0.15, 0.2) is 77.4 Å². The van der Waals surface area contributed by atoms with Gasteiger partial charge < -0.3 is 14.2 Å². The lowest BCUT2D eigenvalue weighted by molar-refractivity contribution is -0.129. The van der Waals surface area contributed by atoms with Gasteiger partial charge in [0, 0.05) is 5.56 Å². The summed E-state index contributed by atoms with van der Waals surface area (Å²) in [5, 5.41) is 0. The van der Waals surface area contributed by atoms with Crippen molar-refractivity contribution in [3.8, 4) is 11.5 Å². The van der Waals surface area contributed by atoms with Gasteiger partial charge in [-0.15, -0.1) is 0 Å². The van der Waals surface area contributed by atoms with Crippen molar-refractivity contribution in [2.24, 2.45) is 4.99 Å². The predicted molar refractivity (Wildman–Crippen MR) is 120 cm³/mol. The molecule has 0 fully saturated rings. The zero-order valence-electron chi connectivity index (χ0n) is 17.7. The van der Waals surface area contributed by atoms with E-state index in [1.807, 2.05) is 61.5 Å². The summed E-state index contributed by atoms with van der Waals surface area (Å²) in [7, 11) is 1.59. The SMILES string of the molecule is COc1cc(C=C2N=C(c3cccc(C)c3)OC2=O)ccc1OCc1ccc(C)cc1. The highest BCUT2D eigenvalue weighted by Gasteiger charge is 2.24. The monoisotopic (exact) mass is 413 g/mol. The summed E-state index contributed by atoms with van der Waals surface area (Å²) in [5.74, 6) is 1.04. The summed E-state index contributed by atoms with van der Waals surface area (Å²) in [6.07, 6.45) is 1.68. The number of carbonyl (C=O) groups excluding carboxylic acids is 1. The predicted octanol–water partition coefficient (Wildman–Crippen LogP) is 5.24. The van der Waals surface area contributed by atoms with Crippen LogP contribution in [0.3, 0.4) is 0 Å². The summed E-state index contributed by atoms with van der Waals surface area (Å²) in [6, 6.07) is 21.4. The van der Waals surface area contributed by atoms with Crippen LogP contribution < -0.4 is 9.47 Å². The van der Waals surface area contributed by atoms with E-state index in [0.717, 1.165) is 22.3 Å². The zero-order chi connectivity index (χ0) is 21.8. The van der Waals surface area contributed by atoms with Crippen molar-refractivity contribution in [3.05, 3.63) is 100 Å². The van der Waals surface area contributed by atoms with Gasteiger partial charge in [-0.25, -0.2) is 9.79 Å². The van der Waals surface area contributed by atoms with Crippen molar-refractivity contribution in [1.82, 2.24) is 0 Å². The van der Waals surface area contributed by atoms with Gasteiger partial charge in [-0.3, -0.25) is 0 Å². The second-order valence-electron chi connectivity index (χ2n) is 7.39. The first-order valence-electron chi connectivity index (χ1n) is 9.98. The van der Waals surface area contributed by atoms with E-state index >= 15 is 0 Å². The maximum absolute atomic E-state index is 12.3. The Labute approximate surface area is 181 Å². The zero-order valence-corrected chi connectivity index (χ0v) is 17.7. The van der Waals surface area contributed by atoms with Crippen LogP contribution in [0.25, 0.3) is 6.08 Å². The summed E-state index contributed by atoms with van der Waals surface area (Å²) in [4.78, 5) is 16.7. The highest BCUT2D eigenvalue weighted by molar-refractivity contribution is 6.12. The number of aliphatic imine (C=N–C) groups is 1. The minimum Gasteiger partial charge on any atom is -0.493 e. The van der Waals surface area contributed by atoms with E-state index < -0.39 is 5.97 Å². The maximum atomic E-state index is 12.3. The molecule has 156 valence electrons. The second kappa shape index (κ2) is 8.88. The minimum absolute atomic E-state index is 0.242. The van der Waals surface area contributed by atoms with Crippen LogP contribution in [0.2, 0.25) is 0 Å². The van der Waals surface area contributed by atoms with E-state index in [-0.39, 0.29) is 5.70 Å². The molecule has 0 radical (unpaired) electrons. The van der Waals surface area contributed by atoms with E-state index in [1.165, 1.54) is 5.56 Å². The smallest absolute Gasteiger partial charge is 0.363 e. The molecule has 4 rings (SSSR count). The first-order chi connectivity index (χ1) is 15.0. The van der Waals surface area contributed by atoms with Gasteiger partial charge in [0.2, 0.25) is 5.90 Å². The van der Waals surface area contributed by atoms with E-state index in [9.17, 15) is 4.79 Å². The van der Waals surface area contributed by atoms with Crippen molar-refractivity contribution < 1.29 is 19.0 Å². The topological polar surface area (TPSA) is 57.1 Å². The number of ether oxygens (including phenoxy) is 3. The Morgan fingerprint density at radius 3 is 2.48 bits per heavy atom. The van der Waals surface area contributed by atoms with Gasteiger partial charge in [-0.2, -0.15) is 0 Å². The van der Waals surface area contributed by atoms with E-state index in [2.05, 4.69) is 24.0 Å². The molecule has 1 heterocycles. The molecule has 31 heavy (non-hydrogen) atoms. The first kappa shape index (κ1) is 20.4. The molecule has 0 aromatic heterocycles. The number of hydrogen-bond donors (Lipinski definition) is 0. The molecule has 0 saturated carbocycles. The fourth-order valence-corrected chi connectivity index (χ4v) is 3.21. The van der Waals surface area contributed by atoms with Crippen LogP contribution >= 0.6 is 0 Å². The first-order valence-corrected chi connectivity index (χ1v) is 9.98. The summed E-state index contributed by atoms with van der Waals surface area (Å²) >= 11 is 0. The van der Waals surface area contributed by atoms with Crippen molar-refractivity contribution >= 4 is 17.9 Å². The average Bonchev–Trinajstić information content (AvgIpc) is 3.14. The van der Waals surface area contributed by atoms with Crippen LogP contribution in [0.5, 0.6) is 11.5 Å². The van der Waals surface area contributed by atoms with Gasteiger partial charge in [0.15, 0.2) is 17.2 Å². The Morgan fingerprint density at radius 2 is 1.74 bits per heavy atom. The third-order valence-electron chi connectivity index (χ3n) is 4.89. The number of benzene rings is 3. The minimum atomic E-state index is -0.477. The van der Waals surface area contributed by atoms with Gasteiger partial charge in [-0.05, 0) is 55.3 Å². The molecule has 0 spiro atoms. The molecule has 0 amide bonds. The Balaban J connectivity index is 1.53. The largest absolute Gasteiger partial charge is 0.493 e. The number of methoxy groups -OCH3 is 1. The molecule has 0 unspecified atom stereocenters. The number of cyclic esters (lactones) is 1. The molecule has 5 nitrogen and oxygen atoms in total. The fraction of sp³-hybridized carbons (Fsp3) is 0.154. The van der Waals surface area contributed by atoms with Crippen LogP contribution in [0.1, 0.15) is 27.8 Å². The Hall–Kier alpha value is -3.86. The summed E-state index contributed by atoms with van der Waals surface area (Å²) in [6.45, 7) is 4.47.